The molecule has 2 aliphatic carbocycles. The van der Waals surface area contributed by atoms with Crippen molar-refractivity contribution in [3.05, 3.63) is 56.5 Å². The van der Waals surface area contributed by atoms with E-state index < -0.39 is 0 Å². The zero-order valence-electron chi connectivity index (χ0n) is 18.0. The van der Waals surface area contributed by atoms with Crippen molar-refractivity contribution in [2.45, 2.75) is 39.2 Å². The number of methoxy groups -OCH3 is 1. The fourth-order valence-corrected chi connectivity index (χ4v) is 5.57. The summed E-state index contributed by atoms with van der Waals surface area (Å²) in [6, 6.07) is 8.65. The predicted molar refractivity (Wildman–Crippen MR) is 128 cm³/mol. The van der Waals surface area contributed by atoms with Crippen LogP contribution in [0.25, 0.3) is 0 Å². The number of hydrogen-bond donors (Lipinski definition) is 1. The maximum Gasteiger partial charge on any atom is 0.244 e. The van der Waals surface area contributed by atoms with Crippen LogP contribution < -0.4 is 14.9 Å². The van der Waals surface area contributed by atoms with Gasteiger partial charge in [0.1, 0.15) is 6.61 Å². The third kappa shape index (κ3) is 4.70. The van der Waals surface area contributed by atoms with Crippen LogP contribution in [0.5, 0.6) is 11.5 Å². The number of carbonyl (C=O) groups is 1. The van der Waals surface area contributed by atoms with E-state index in [0.29, 0.717) is 38.0 Å². The van der Waals surface area contributed by atoms with Gasteiger partial charge in [-0.2, -0.15) is 5.10 Å². The minimum absolute atomic E-state index is 0.00601. The van der Waals surface area contributed by atoms with Crippen LogP contribution in [0.1, 0.15) is 43.7 Å². The van der Waals surface area contributed by atoms with Gasteiger partial charge in [-0.3, -0.25) is 4.79 Å². The molecule has 0 heterocycles. The zero-order chi connectivity index (χ0) is 22.9. The van der Waals surface area contributed by atoms with E-state index in [9.17, 15) is 4.79 Å². The molecule has 4 rings (SSSR count). The second kappa shape index (κ2) is 9.50. The summed E-state index contributed by atoms with van der Waals surface area (Å²) in [6.45, 7) is 2.42. The van der Waals surface area contributed by atoms with Crippen LogP contribution in [-0.2, 0) is 11.4 Å². The molecule has 2 aromatic carbocycles. The van der Waals surface area contributed by atoms with Gasteiger partial charge in [0.15, 0.2) is 11.5 Å². The van der Waals surface area contributed by atoms with E-state index in [1.807, 2.05) is 0 Å². The van der Waals surface area contributed by atoms with Gasteiger partial charge in [0.25, 0.3) is 0 Å². The van der Waals surface area contributed by atoms with Crippen LogP contribution in [0.2, 0.25) is 15.1 Å². The van der Waals surface area contributed by atoms with E-state index >= 15 is 0 Å². The van der Waals surface area contributed by atoms with Crippen LogP contribution in [0, 0.1) is 17.3 Å². The van der Waals surface area contributed by atoms with Crippen molar-refractivity contribution in [1.82, 2.24) is 5.43 Å². The SMILES string of the molecule is COc1cc(/C=N\NC(=O)[C@@H]2[C@H]3CCCC[C@]32C)cc(Cl)c1OCc1ccc(Cl)cc1Cl. The Balaban J connectivity index is 1.41. The van der Waals surface area contributed by atoms with E-state index in [4.69, 9.17) is 44.3 Å². The Morgan fingerprint density at radius 1 is 1.22 bits per heavy atom. The van der Waals surface area contributed by atoms with Crippen molar-refractivity contribution < 1.29 is 14.3 Å². The fourth-order valence-electron chi connectivity index (χ4n) is 4.83. The number of benzene rings is 2. The summed E-state index contributed by atoms with van der Waals surface area (Å²) in [4.78, 5) is 12.6. The summed E-state index contributed by atoms with van der Waals surface area (Å²) in [6.07, 6.45) is 6.23. The molecule has 0 saturated heterocycles. The molecule has 2 saturated carbocycles. The molecule has 0 unspecified atom stereocenters. The Bertz CT molecular complexity index is 1060. The maximum absolute atomic E-state index is 12.6. The van der Waals surface area contributed by atoms with Crippen molar-refractivity contribution in [3.8, 4) is 11.5 Å². The number of rotatable bonds is 7. The minimum atomic E-state index is -0.00601. The van der Waals surface area contributed by atoms with Crippen LogP contribution >= 0.6 is 34.8 Å². The quantitative estimate of drug-likeness (QED) is 0.352. The normalized spacial score (nSPS) is 24.2. The number of fused-ring (bicyclic) bond motifs is 1. The molecule has 1 amide bonds. The Morgan fingerprint density at radius 2 is 2.03 bits per heavy atom. The smallest absolute Gasteiger partial charge is 0.244 e. The molecule has 0 bridgehead atoms. The van der Waals surface area contributed by atoms with E-state index in [1.54, 1.807) is 36.5 Å². The van der Waals surface area contributed by atoms with Crippen LogP contribution in [0.15, 0.2) is 35.4 Å². The van der Waals surface area contributed by atoms with Crippen molar-refractivity contribution >= 4 is 46.9 Å². The lowest BCUT2D eigenvalue weighted by Gasteiger charge is -2.15. The molecule has 170 valence electrons. The molecule has 2 fully saturated rings. The van der Waals surface area contributed by atoms with Gasteiger partial charge in [-0.25, -0.2) is 5.43 Å². The summed E-state index contributed by atoms with van der Waals surface area (Å²) < 4.78 is 11.3. The van der Waals surface area contributed by atoms with Gasteiger partial charge in [-0.05, 0) is 54.0 Å². The summed E-state index contributed by atoms with van der Waals surface area (Å²) in [7, 11) is 1.53. The third-order valence-electron chi connectivity index (χ3n) is 6.64. The zero-order valence-corrected chi connectivity index (χ0v) is 20.2. The number of hydrazone groups is 1. The first-order valence-electron chi connectivity index (χ1n) is 10.6. The fraction of sp³-hybridized carbons (Fsp3) is 0.417. The molecule has 8 heteroatoms. The number of carbonyl (C=O) groups excluding carboxylic acids is 1. The highest BCUT2D eigenvalue weighted by atomic mass is 35.5. The Kier molecular flexibility index (Phi) is 6.89. The van der Waals surface area contributed by atoms with E-state index in [0.717, 1.165) is 18.4 Å². The molecule has 1 N–H and O–H groups in total. The second-order valence-corrected chi connectivity index (χ2v) is 9.88. The largest absolute Gasteiger partial charge is 0.493 e. The number of hydrogen-bond acceptors (Lipinski definition) is 4. The monoisotopic (exact) mass is 494 g/mol. The van der Waals surface area contributed by atoms with Gasteiger partial charge in [-0.15, -0.1) is 0 Å². The molecule has 0 radical (unpaired) electrons. The van der Waals surface area contributed by atoms with Crippen molar-refractivity contribution in [1.29, 1.82) is 0 Å². The van der Waals surface area contributed by atoms with E-state index in [-0.39, 0.29) is 23.8 Å². The molecule has 0 spiro atoms. The van der Waals surface area contributed by atoms with Gasteiger partial charge >= 0.3 is 0 Å². The lowest BCUT2D eigenvalue weighted by atomic mass is 9.90. The first kappa shape index (κ1) is 23.2. The van der Waals surface area contributed by atoms with Crippen molar-refractivity contribution in [3.63, 3.8) is 0 Å². The van der Waals surface area contributed by atoms with Crippen molar-refractivity contribution in [2.24, 2.45) is 22.4 Å². The average molecular weight is 496 g/mol. The van der Waals surface area contributed by atoms with E-state index in [2.05, 4.69) is 17.5 Å². The van der Waals surface area contributed by atoms with Gasteiger partial charge in [0.05, 0.1) is 18.3 Å². The topological polar surface area (TPSA) is 59.9 Å². The molecular formula is C24H25Cl3N2O3. The van der Waals surface area contributed by atoms with Crippen LogP contribution in [-0.4, -0.2) is 19.2 Å². The lowest BCUT2D eigenvalue weighted by Crippen LogP contribution is -2.22. The van der Waals surface area contributed by atoms with Gasteiger partial charge < -0.3 is 9.47 Å². The highest BCUT2D eigenvalue weighted by Gasteiger charge is 2.64. The number of nitrogens with zero attached hydrogens (tertiary/aromatic N) is 1. The molecule has 2 aliphatic rings. The first-order chi connectivity index (χ1) is 15.3. The number of halogens is 3. The predicted octanol–water partition coefficient (Wildman–Crippen LogP) is 6.51. The van der Waals surface area contributed by atoms with Crippen LogP contribution in [0.4, 0.5) is 0 Å². The summed E-state index contributed by atoms with van der Waals surface area (Å²) in [5.74, 6) is 1.41. The second-order valence-electron chi connectivity index (χ2n) is 8.63. The molecule has 0 aliphatic heterocycles. The molecule has 5 nitrogen and oxygen atoms in total. The highest BCUT2D eigenvalue weighted by Crippen LogP contribution is 2.66. The summed E-state index contributed by atoms with van der Waals surface area (Å²) in [5, 5.41) is 5.57. The number of amides is 1. The Labute approximate surface area is 203 Å². The standard InChI is InChI=1S/C24H25Cl3N2O3/c1-24-8-4-3-5-17(24)21(24)23(30)29-28-12-14-9-19(27)22(20(10-14)31-2)32-13-15-6-7-16(25)11-18(15)26/h6-7,9-12,17,21H,3-5,8,13H2,1-2H3,(H,29,30)/b28-12-/t17-,21+,24-/m1/s1. The van der Waals surface area contributed by atoms with Gasteiger partial charge in [0, 0.05) is 21.5 Å². The lowest BCUT2D eigenvalue weighted by molar-refractivity contribution is -0.123. The van der Waals surface area contributed by atoms with Gasteiger partial charge in [-0.1, -0.05) is 60.6 Å². The molecule has 2 aromatic rings. The highest BCUT2D eigenvalue weighted by molar-refractivity contribution is 6.35. The van der Waals surface area contributed by atoms with E-state index in [1.165, 1.54) is 20.0 Å². The van der Waals surface area contributed by atoms with Crippen LogP contribution in [0.3, 0.4) is 0 Å². The molecular weight excluding hydrogens is 471 g/mol. The Morgan fingerprint density at radius 3 is 2.72 bits per heavy atom. The average Bonchev–Trinajstić information content (AvgIpc) is 3.39. The molecule has 32 heavy (non-hydrogen) atoms. The summed E-state index contributed by atoms with van der Waals surface area (Å²) in [5.41, 5.74) is 4.30. The Hall–Kier alpha value is -1.95. The minimum Gasteiger partial charge on any atom is -0.493 e. The summed E-state index contributed by atoms with van der Waals surface area (Å²) >= 11 is 18.6. The molecule has 0 aromatic heterocycles. The number of nitrogens with one attached hydrogen (secondary N) is 1. The van der Waals surface area contributed by atoms with Gasteiger partial charge in [0.2, 0.25) is 5.91 Å². The maximum atomic E-state index is 12.6. The number of ether oxygens (including phenoxy) is 2. The first-order valence-corrected chi connectivity index (χ1v) is 11.7. The van der Waals surface area contributed by atoms with Crippen molar-refractivity contribution in [2.75, 3.05) is 7.11 Å². The third-order valence-corrected chi connectivity index (χ3v) is 7.51. The molecule has 3 atom stereocenters.